The minimum Gasteiger partial charge on any atom is -0.297 e. The molecule has 0 unspecified atom stereocenters. The highest BCUT2D eigenvalue weighted by Crippen LogP contribution is 2.14. The van der Waals surface area contributed by atoms with Gasteiger partial charge in [0, 0.05) is 12.6 Å². The van der Waals surface area contributed by atoms with Gasteiger partial charge in [0.15, 0.2) is 0 Å². The molecular formula is C26H48BrN. The fraction of sp³-hybridized carbons (Fsp3) is 0.769. The molecule has 0 aliphatic heterocycles. The summed E-state index contributed by atoms with van der Waals surface area (Å²) in [6.45, 7) is 9.28. The van der Waals surface area contributed by atoms with E-state index in [-0.39, 0.29) is 17.0 Å². The minimum absolute atomic E-state index is 0. The quantitative estimate of drug-likeness (QED) is 0.200. The Morgan fingerprint density at radius 3 is 1.50 bits per heavy atom. The third kappa shape index (κ3) is 15.6. The van der Waals surface area contributed by atoms with Gasteiger partial charge < -0.3 is 0 Å². The molecule has 28 heavy (non-hydrogen) atoms. The van der Waals surface area contributed by atoms with Crippen molar-refractivity contribution in [3.8, 4) is 0 Å². The maximum Gasteiger partial charge on any atom is 0.0236 e. The van der Waals surface area contributed by atoms with E-state index in [1.54, 1.807) is 0 Å². The normalized spacial score (nSPS) is 11.2. The zero-order valence-electron chi connectivity index (χ0n) is 19.1. The molecule has 0 atom stereocenters. The fourth-order valence-corrected chi connectivity index (χ4v) is 3.85. The standard InChI is InChI=1S/C26H47N.BrH/c1-4-5-6-7-8-9-10-11-12-13-14-15-16-20-23-27(25(2)3)24-26-21-18-17-19-22-26;/h17-19,21-22,25H,4-16,20,23-24H2,1-3H3;1H. The number of halogens is 1. The number of rotatable bonds is 18. The molecule has 1 aromatic carbocycles. The number of hydrogen-bond acceptors (Lipinski definition) is 1. The topological polar surface area (TPSA) is 3.24 Å². The van der Waals surface area contributed by atoms with Crippen LogP contribution in [0, 0.1) is 0 Å². The van der Waals surface area contributed by atoms with Crippen LogP contribution in [0.25, 0.3) is 0 Å². The Kier molecular flexibility index (Phi) is 19.7. The Morgan fingerprint density at radius 2 is 1.07 bits per heavy atom. The van der Waals surface area contributed by atoms with Crippen LogP contribution < -0.4 is 0 Å². The van der Waals surface area contributed by atoms with Crippen molar-refractivity contribution in [3.63, 3.8) is 0 Å². The van der Waals surface area contributed by atoms with Crippen LogP contribution in [0.3, 0.4) is 0 Å². The molecule has 1 aromatic rings. The molecule has 164 valence electrons. The van der Waals surface area contributed by atoms with Gasteiger partial charge in [-0.15, -0.1) is 17.0 Å². The summed E-state index contributed by atoms with van der Waals surface area (Å²) in [6, 6.07) is 11.5. The van der Waals surface area contributed by atoms with Gasteiger partial charge in [-0.05, 0) is 32.4 Å². The molecule has 0 radical (unpaired) electrons. The lowest BCUT2D eigenvalue weighted by Crippen LogP contribution is -2.31. The van der Waals surface area contributed by atoms with Gasteiger partial charge in [0.2, 0.25) is 0 Å². The second-order valence-electron chi connectivity index (χ2n) is 8.65. The van der Waals surface area contributed by atoms with Crippen LogP contribution in [-0.2, 0) is 6.54 Å². The average Bonchev–Trinajstić information content (AvgIpc) is 2.68. The molecule has 0 aliphatic rings. The monoisotopic (exact) mass is 453 g/mol. The van der Waals surface area contributed by atoms with Crippen LogP contribution in [-0.4, -0.2) is 17.5 Å². The van der Waals surface area contributed by atoms with Crippen LogP contribution in [0.1, 0.15) is 116 Å². The number of hydrogen-bond donors (Lipinski definition) is 0. The predicted molar refractivity (Wildman–Crippen MR) is 133 cm³/mol. The van der Waals surface area contributed by atoms with E-state index >= 15 is 0 Å². The average molecular weight is 455 g/mol. The molecule has 1 nitrogen and oxygen atoms in total. The highest BCUT2D eigenvalue weighted by Gasteiger charge is 2.09. The third-order valence-electron chi connectivity index (χ3n) is 5.76. The lowest BCUT2D eigenvalue weighted by atomic mass is 10.0. The van der Waals surface area contributed by atoms with E-state index in [2.05, 4.69) is 56.0 Å². The van der Waals surface area contributed by atoms with Gasteiger partial charge in [-0.1, -0.05) is 121 Å². The van der Waals surface area contributed by atoms with Crippen LogP contribution in [0.5, 0.6) is 0 Å². The van der Waals surface area contributed by atoms with Crippen LogP contribution in [0.4, 0.5) is 0 Å². The second-order valence-corrected chi connectivity index (χ2v) is 8.65. The Morgan fingerprint density at radius 1 is 0.643 bits per heavy atom. The van der Waals surface area contributed by atoms with Crippen LogP contribution in [0.15, 0.2) is 30.3 Å². The van der Waals surface area contributed by atoms with Gasteiger partial charge >= 0.3 is 0 Å². The predicted octanol–water partition coefficient (Wildman–Crippen LogP) is 8.96. The van der Waals surface area contributed by atoms with Gasteiger partial charge in [0.1, 0.15) is 0 Å². The zero-order chi connectivity index (χ0) is 19.6. The van der Waals surface area contributed by atoms with Crippen LogP contribution in [0.2, 0.25) is 0 Å². The van der Waals surface area contributed by atoms with Crippen molar-refractivity contribution < 1.29 is 0 Å². The van der Waals surface area contributed by atoms with Crippen molar-refractivity contribution in [3.05, 3.63) is 35.9 Å². The minimum atomic E-state index is 0. The second kappa shape index (κ2) is 20.0. The van der Waals surface area contributed by atoms with E-state index in [0.717, 1.165) is 6.54 Å². The molecule has 0 saturated heterocycles. The van der Waals surface area contributed by atoms with E-state index in [0.29, 0.717) is 6.04 Å². The lowest BCUT2D eigenvalue weighted by Gasteiger charge is -2.26. The molecule has 2 heteroatoms. The zero-order valence-corrected chi connectivity index (χ0v) is 20.8. The summed E-state index contributed by atoms with van der Waals surface area (Å²) in [5, 5.41) is 0. The summed E-state index contributed by atoms with van der Waals surface area (Å²) < 4.78 is 0. The number of benzene rings is 1. The smallest absolute Gasteiger partial charge is 0.0236 e. The Hall–Kier alpha value is -0.340. The molecule has 0 spiro atoms. The van der Waals surface area contributed by atoms with Gasteiger partial charge in [-0.3, -0.25) is 4.90 Å². The van der Waals surface area contributed by atoms with E-state index in [9.17, 15) is 0 Å². The highest BCUT2D eigenvalue weighted by atomic mass is 79.9. The summed E-state index contributed by atoms with van der Waals surface area (Å²) in [5.41, 5.74) is 1.44. The summed E-state index contributed by atoms with van der Waals surface area (Å²) in [4.78, 5) is 2.62. The maximum absolute atomic E-state index is 2.62. The van der Waals surface area contributed by atoms with Crippen molar-refractivity contribution >= 4 is 17.0 Å². The summed E-state index contributed by atoms with van der Waals surface area (Å²) >= 11 is 0. The van der Waals surface area contributed by atoms with E-state index in [1.807, 2.05) is 0 Å². The van der Waals surface area contributed by atoms with Crippen molar-refractivity contribution in [1.82, 2.24) is 4.90 Å². The number of unbranched alkanes of at least 4 members (excludes halogenated alkanes) is 13. The van der Waals surface area contributed by atoms with Gasteiger partial charge in [0.25, 0.3) is 0 Å². The fourth-order valence-electron chi connectivity index (χ4n) is 3.85. The SMILES string of the molecule is Br.CCCCCCCCCCCCCCCCN(Cc1ccccc1)C(C)C. The first kappa shape index (κ1) is 27.7. The first-order valence-corrected chi connectivity index (χ1v) is 12.0. The molecule has 0 bridgehead atoms. The van der Waals surface area contributed by atoms with Gasteiger partial charge in [0.05, 0.1) is 0 Å². The first-order valence-electron chi connectivity index (χ1n) is 12.0. The molecule has 0 saturated carbocycles. The van der Waals surface area contributed by atoms with Gasteiger partial charge in [-0.2, -0.15) is 0 Å². The molecule has 0 N–H and O–H groups in total. The van der Waals surface area contributed by atoms with Gasteiger partial charge in [-0.25, -0.2) is 0 Å². The largest absolute Gasteiger partial charge is 0.297 e. The molecule has 0 heterocycles. The van der Waals surface area contributed by atoms with Crippen molar-refractivity contribution in [2.24, 2.45) is 0 Å². The Balaban J connectivity index is 0.00000729. The van der Waals surface area contributed by atoms with Crippen molar-refractivity contribution in [2.45, 2.75) is 123 Å². The van der Waals surface area contributed by atoms with E-state index in [4.69, 9.17) is 0 Å². The highest BCUT2D eigenvalue weighted by molar-refractivity contribution is 8.93. The molecule has 0 aliphatic carbocycles. The molecule has 1 rings (SSSR count). The molecule has 0 aromatic heterocycles. The maximum atomic E-state index is 2.62. The number of nitrogens with zero attached hydrogens (tertiary/aromatic N) is 1. The van der Waals surface area contributed by atoms with Crippen molar-refractivity contribution in [2.75, 3.05) is 6.54 Å². The summed E-state index contributed by atoms with van der Waals surface area (Å²) in [7, 11) is 0. The van der Waals surface area contributed by atoms with Crippen LogP contribution >= 0.6 is 17.0 Å². The van der Waals surface area contributed by atoms with E-state index < -0.39 is 0 Å². The first-order chi connectivity index (χ1) is 13.2. The lowest BCUT2D eigenvalue weighted by molar-refractivity contribution is 0.208. The summed E-state index contributed by atoms with van der Waals surface area (Å²) in [5.74, 6) is 0. The molecule has 0 fully saturated rings. The third-order valence-corrected chi connectivity index (χ3v) is 5.76. The summed E-state index contributed by atoms with van der Waals surface area (Å²) in [6.07, 6.45) is 20.1. The Bertz CT molecular complexity index is 418. The molecular weight excluding hydrogens is 406 g/mol. The van der Waals surface area contributed by atoms with Crippen molar-refractivity contribution in [1.29, 1.82) is 0 Å². The molecule has 0 amide bonds. The Labute approximate surface area is 187 Å². The van der Waals surface area contributed by atoms with E-state index in [1.165, 1.54) is 102 Å².